The van der Waals surface area contributed by atoms with Gasteiger partial charge in [-0.05, 0) is 71.8 Å². The van der Waals surface area contributed by atoms with E-state index in [4.69, 9.17) is 9.47 Å². The Morgan fingerprint density at radius 3 is 2.09 bits per heavy atom. The lowest BCUT2D eigenvalue weighted by Gasteiger charge is -2.17. The van der Waals surface area contributed by atoms with Crippen molar-refractivity contribution in [1.29, 1.82) is 0 Å². The number of aryl methyl sites for hydroxylation is 1. The predicted octanol–water partition coefficient (Wildman–Crippen LogP) is 6.61. The van der Waals surface area contributed by atoms with Gasteiger partial charge in [-0.3, -0.25) is 0 Å². The molecule has 0 aliphatic heterocycles. The van der Waals surface area contributed by atoms with Gasteiger partial charge in [-0.15, -0.1) is 13.2 Å². The molecule has 0 saturated heterocycles. The zero-order chi connectivity index (χ0) is 24.7. The molecule has 0 bridgehead atoms. The lowest BCUT2D eigenvalue weighted by molar-refractivity contribution is 0.0600. The van der Waals surface area contributed by atoms with Crippen LogP contribution in [-0.4, -0.2) is 19.0 Å². The van der Waals surface area contributed by atoms with Crippen molar-refractivity contribution >= 4 is 11.9 Å². The number of rotatable bonds is 9. The molecule has 0 aromatic heterocycles. The number of methoxy groups -OCH3 is 1. The summed E-state index contributed by atoms with van der Waals surface area (Å²) in [7, 11) is 1.30. The van der Waals surface area contributed by atoms with Crippen molar-refractivity contribution in [2.24, 2.45) is 0 Å². The molecular formula is C30H30O4. The third-order valence-corrected chi connectivity index (χ3v) is 5.91. The number of carbonyl (C=O) groups excluding carboxylic acids is 2. The van der Waals surface area contributed by atoms with E-state index in [1.165, 1.54) is 29.9 Å². The Hall–Kier alpha value is -3.92. The molecule has 0 fully saturated rings. The molecule has 3 rings (SSSR count). The van der Waals surface area contributed by atoms with E-state index < -0.39 is 11.9 Å². The molecule has 0 amide bonds. The molecule has 4 nitrogen and oxygen atoms in total. The van der Waals surface area contributed by atoms with Gasteiger partial charge in [-0.2, -0.15) is 0 Å². The number of hydrogen-bond acceptors (Lipinski definition) is 4. The third-order valence-electron chi connectivity index (χ3n) is 5.91. The second-order valence-electron chi connectivity index (χ2n) is 8.22. The Balaban J connectivity index is 1.88. The van der Waals surface area contributed by atoms with Crippen LogP contribution in [0.5, 0.6) is 5.75 Å². The van der Waals surface area contributed by atoms with E-state index in [9.17, 15) is 9.59 Å². The van der Waals surface area contributed by atoms with Gasteiger partial charge in [0.1, 0.15) is 5.75 Å². The first-order chi connectivity index (χ1) is 16.4. The van der Waals surface area contributed by atoms with Crippen LogP contribution in [0.25, 0.3) is 0 Å². The highest BCUT2D eigenvalue weighted by molar-refractivity contribution is 5.96. The van der Waals surface area contributed by atoms with Gasteiger partial charge in [0.05, 0.1) is 18.2 Å². The topological polar surface area (TPSA) is 52.6 Å². The molecule has 0 N–H and O–H groups in total. The van der Waals surface area contributed by atoms with E-state index >= 15 is 0 Å². The maximum atomic E-state index is 12.8. The van der Waals surface area contributed by atoms with Gasteiger partial charge in [0.25, 0.3) is 0 Å². The first-order valence-electron chi connectivity index (χ1n) is 11.2. The summed E-state index contributed by atoms with van der Waals surface area (Å²) >= 11 is 0. The van der Waals surface area contributed by atoms with Crippen molar-refractivity contribution in [1.82, 2.24) is 0 Å². The lowest BCUT2D eigenvalue weighted by Crippen LogP contribution is -2.12. The molecule has 1 unspecified atom stereocenters. The maximum absolute atomic E-state index is 12.8. The second-order valence-corrected chi connectivity index (χ2v) is 8.22. The van der Waals surface area contributed by atoms with Gasteiger partial charge in [0.15, 0.2) is 0 Å². The molecule has 0 heterocycles. The third kappa shape index (κ3) is 5.70. The average Bonchev–Trinajstić information content (AvgIpc) is 2.85. The van der Waals surface area contributed by atoms with E-state index in [1.54, 1.807) is 24.3 Å². The Kier molecular flexibility index (Phi) is 8.20. The van der Waals surface area contributed by atoms with Crippen LogP contribution in [-0.2, 0) is 17.6 Å². The summed E-state index contributed by atoms with van der Waals surface area (Å²) in [6.45, 7) is 12.0. The molecule has 0 aliphatic carbocycles. The molecule has 0 radical (unpaired) electrons. The van der Waals surface area contributed by atoms with Crippen molar-refractivity contribution in [3.63, 3.8) is 0 Å². The van der Waals surface area contributed by atoms with Gasteiger partial charge in [0, 0.05) is 5.92 Å². The fourth-order valence-corrected chi connectivity index (χ4v) is 3.86. The van der Waals surface area contributed by atoms with Crippen molar-refractivity contribution in [2.45, 2.75) is 32.6 Å². The SMILES string of the molecule is C=CCc1cc(C(C)c2ccc(OC(=O)c3cccc(C(=O)OC)c3)c(CC=C)c2)ccc1C. The summed E-state index contributed by atoms with van der Waals surface area (Å²) in [5.41, 5.74) is 6.30. The van der Waals surface area contributed by atoms with E-state index in [2.05, 4.69) is 51.3 Å². The standard InChI is InChI=1S/C30H30O4/c1-6-9-22-17-23(14-13-20(22)3)21(4)24-15-16-28(25(18-24)10-7-2)34-30(32)27-12-8-11-26(19-27)29(31)33-5/h6-8,11-19,21H,1-2,9-10H2,3-5H3. The minimum atomic E-state index is -0.538. The Morgan fingerprint density at radius 2 is 1.44 bits per heavy atom. The van der Waals surface area contributed by atoms with Crippen molar-refractivity contribution in [3.8, 4) is 5.75 Å². The van der Waals surface area contributed by atoms with Crippen LogP contribution in [0.1, 0.15) is 61.4 Å². The minimum absolute atomic E-state index is 0.161. The number of carbonyl (C=O) groups is 2. The zero-order valence-corrected chi connectivity index (χ0v) is 20.0. The first kappa shape index (κ1) is 24.7. The molecular weight excluding hydrogens is 424 g/mol. The van der Waals surface area contributed by atoms with Gasteiger partial charge in [-0.25, -0.2) is 9.59 Å². The van der Waals surface area contributed by atoms with E-state index in [0.29, 0.717) is 17.7 Å². The summed E-state index contributed by atoms with van der Waals surface area (Å²) in [6.07, 6.45) is 5.09. The quantitative estimate of drug-likeness (QED) is 0.207. The number of esters is 2. The van der Waals surface area contributed by atoms with Crippen LogP contribution in [0.3, 0.4) is 0 Å². The molecule has 174 valence electrons. The van der Waals surface area contributed by atoms with Gasteiger partial charge in [0.2, 0.25) is 0 Å². The van der Waals surface area contributed by atoms with Gasteiger partial charge in [-0.1, -0.05) is 55.5 Å². The Labute approximate surface area is 201 Å². The van der Waals surface area contributed by atoms with Crippen LogP contribution in [0.15, 0.2) is 86.0 Å². The highest BCUT2D eigenvalue weighted by Crippen LogP contribution is 2.31. The summed E-state index contributed by atoms with van der Waals surface area (Å²) < 4.78 is 10.4. The number of ether oxygens (including phenoxy) is 2. The molecule has 3 aromatic carbocycles. The van der Waals surface area contributed by atoms with Crippen molar-refractivity contribution in [2.75, 3.05) is 7.11 Å². The van der Waals surface area contributed by atoms with Crippen LogP contribution in [0, 0.1) is 6.92 Å². The van der Waals surface area contributed by atoms with Crippen LogP contribution < -0.4 is 4.74 Å². The predicted molar refractivity (Wildman–Crippen MR) is 136 cm³/mol. The molecule has 4 heteroatoms. The number of hydrogen-bond donors (Lipinski definition) is 0. The smallest absolute Gasteiger partial charge is 0.343 e. The highest BCUT2D eigenvalue weighted by atomic mass is 16.5. The van der Waals surface area contributed by atoms with E-state index in [1.807, 2.05) is 18.2 Å². The van der Waals surface area contributed by atoms with Crippen LogP contribution in [0.2, 0.25) is 0 Å². The van der Waals surface area contributed by atoms with Gasteiger partial charge >= 0.3 is 11.9 Å². The molecule has 0 aliphatic rings. The Morgan fingerprint density at radius 1 is 0.853 bits per heavy atom. The van der Waals surface area contributed by atoms with Crippen molar-refractivity contribution in [3.05, 3.63) is 125 Å². The van der Waals surface area contributed by atoms with Gasteiger partial charge < -0.3 is 9.47 Å². The summed E-state index contributed by atoms with van der Waals surface area (Å²) in [5.74, 6) is -0.410. The molecule has 1 atom stereocenters. The lowest BCUT2D eigenvalue weighted by atomic mass is 9.89. The minimum Gasteiger partial charge on any atom is -0.465 e. The van der Waals surface area contributed by atoms with Crippen LogP contribution >= 0.6 is 0 Å². The monoisotopic (exact) mass is 454 g/mol. The summed E-state index contributed by atoms with van der Waals surface area (Å²) in [4.78, 5) is 24.6. The molecule has 0 spiro atoms. The average molecular weight is 455 g/mol. The fraction of sp³-hybridized carbons (Fsp3) is 0.200. The van der Waals surface area contributed by atoms with E-state index in [-0.39, 0.29) is 11.5 Å². The highest BCUT2D eigenvalue weighted by Gasteiger charge is 2.17. The summed E-state index contributed by atoms with van der Waals surface area (Å²) in [6, 6.07) is 18.7. The summed E-state index contributed by atoms with van der Waals surface area (Å²) in [5, 5.41) is 0. The molecule has 34 heavy (non-hydrogen) atoms. The molecule has 0 saturated carbocycles. The first-order valence-corrected chi connectivity index (χ1v) is 11.2. The van der Waals surface area contributed by atoms with Crippen LogP contribution in [0.4, 0.5) is 0 Å². The maximum Gasteiger partial charge on any atom is 0.343 e. The zero-order valence-electron chi connectivity index (χ0n) is 20.0. The largest absolute Gasteiger partial charge is 0.465 e. The fourth-order valence-electron chi connectivity index (χ4n) is 3.86. The number of allylic oxidation sites excluding steroid dienone is 2. The van der Waals surface area contributed by atoms with E-state index in [0.717, 1.165) is 17.5 Å². The normalized spacial score (nSPS) is 11.4. The molecule has 3 aromatic rings. The second kappa shape index (κ2) is 11.3. The van der Waals surface area contributed by atoms with Crippen molar-refractivity contribution < 1.29 is 19.1 Å². The number of benzene rings is 3. The Bertz CT molecular complexity index is 1220.